The summed E-state index contributed by atoms with van der Waals surface area (Å²) in [6.07, 6.45) is 7.32. The molecule has 1 aliphatic heterocycles. The summed E-state index contributed by atoms with van der Waals surface area (Å²) in [6, 6.07) is 3.66. The molecule has 0 radical (unpaired) electrons. The maximum Gasteiger partial charge on any atom is 0.226 e. The average Bonchev–Trinajstić information content (AvgIpc) is 3.11. The second kappa shape index (κ2) is 8.54. The zero-order chi connectivity index (χ0) is 16.6. The van der Waals surface area contributed by atoms with Crippen LogP contribution < -0.4 is 5.32 Å². The monoisotopic (exact) mass is 330 g/mol. The summed E-state index contributed by atoms with van der Waals surface area (Å²) in [5, 5.41) is 6.93. The van der Waals surface area contributed by atoms with Gasteiger partial charge in [-0.15, -0.1) is 0 Å². The lowest BCUT2D eigenvalue weighted by Crippen LogP contribution is -2.33. The van der Waals surface area contributed by atoms with E-state index in [1.54, 1.807) is 12.4 Å². The largest absolute Gasteiger partial charge is 0.381 e. The van der Waals surface area contributed by atoms with Crippen LogP contribution in [0.25, 0.3) is 11.4 Å². The van der Waals surface area contributed by atoms with Gasteiger partial charge in [0.1, 0.15) is 0 Å². The molecule has 1 atom stereocenters. The first-order chi connectivity index (χ1) is 11.8. The molecule has 0 saturated carbocycles. The highest BCUT2D eigenvalue weighted by atomic mass is 16.5. The molecule has 1 saturated heterocycles. The minimum Gasteiger partial charge on any atom is -0.381 e. The number of aryl methyl sites for hydroxylation is 1. The molecule has 0 aromatic carbocycles. The molecule has 0 spiro atoms. The van der Waals surface area contributed by atoms with Gasteiger partial charge in [0.2, 0.25) is 17.6 Å². The van der Waals surface area contributed by atoms with Crippen molar-refractivity contribution in [2.45, 2.75) is 32.1 Å². The van der Waals surface area contributed by atoms with Gasteiger partial charge in [0, 0.05) is 44.0 Å². The van der Waals surface area contributed by atoms with Gasteiger partial charge in [-0.05, 0) is 37.3 Å². The number of amides is 1. The van der Waals surface area contributed by atoms with E-state index in [2.05, 4.69) is 20.4 Å². The van der Waals surface area contributed by atoms with Crippen molar-refractivity contribution in [1.82, 2.24) is 20.4 Å². The first kappa shape index (κ1) is 16.6. The van der Waals surface area contributed by atoms with Gasteiger partial charge >= 0.3 is 0 Å². The topological polar surface area (TPSA) is 90.1 Å². The van der Waals surface area contributed by atoms with Crippen molar-refractivity contribution in [3.05, 3.63) is 30.4 Å². The number of pyridine rings is 1. The van der Waals surface area contributed by atoms with Crippen molar-refractivity contribution in [3.63, 3.8) is 0 Å². The molecule has 2 aromatic rings. The Labute approximate surface area is 140 Å². The second-order valence-electron chi connectivity index (χ2n) is 5.99. The molecule has 1 amide bonds. The zero-order valence-corrected chi connectivity index (χ0v) is 13.6. The number of rotatable bonds is 7. The number of nitrogens with zero attached hydrogens (tertiary/aromatic N) is 3. The Morgan fingerprint density at radius 3 is 3.00 bits per heavy atom. The molecule has 7 heteroatoms. The van der Waals surface area contributed by atoms with Crippen molar-refractivity contribution < 1.29 is 14.1 Å². The predicted molar refractivity (Wildman–Crippen MR) is 87.0 cm³/mol. The third kappa shape index (κ3) is 4.86. The van der Waals surface area contributed by atoms with E-state index >= 15 is 0 Å². The van der Waals surface area contributed by atoms with Crippen LogP contribution in [0.2, 0.25) is 0 Å². The number of ether oxygens (including phenoxy) is 1. The van der Waals surface area contributed by atoms with Gasteiger partial charge in [-0.2, -0.15) is 4.98 Å². The summed E-state index contributed by atoms with van der Waals surface area (Å²) in [4.78, 5) is 20.2. The zero-order valence-electron chi connectivity index (χ0n) is 13.6. The Balaban J connectivity index is 1.37. The molecule has 3 rings (SSSR count). The second-order valence-corrected chi connectivity index (χ2v) is 5.99. The van der Waals surface area contributed by atoms with Crippen LogP contribution in [0.15, 0.2) is 29.0 Å². The van der Waals surface area contributed by atoms with Crippen molar-refractivity contribution in [2.75, 3.05) is 19.8 Å². The van der Waals surface area contributed by atoms with E-state index in [-0.39, 0.29) is 5.91 Å². The molecule has 128 valence electrons. The highest BCUT2D eigenvalue weighted by molar-refractivity contribution is 5.75. The van der Waals surface area contributed by atoms with Crippen molar-refractivity contribution in [2.24, 2.45) is 5.92 Å². The fraction of sp³-hybridized carbons (Fsp3) is 0.529. The van der Waals surface area contributed by atoms with E-state index < -0.39 is 0 Å². The van der Waals surface area contributed by atoms with Gasteiger partial charge in [-0.1, -0.05) is 5.16 Å². The minimum absolute atomic E-state index is 0.0643. The molecule has 24 heavy (non-hydrogen) atoms. The lowest BCUT2D eigenvalue weighted by molar-refractivity contribution is -0.121. The lowest BCUT2D eigenvalue weighted by Gasteiger charge is -2.22. The molecule has 0 bridgehead atoms. The number of carbonyl (C=O) groups excluding carboxylic acids is 1. The Morgan fingerprint density at radius 1 is 1.33 bits per heavy atom. The molecule has 7 nitrogen and oxygen atoms in total. The van der Waals surface area contributed by atoms with Crippen molar-refractivity contribution in [1.29, 1.82) is 0 Å². The third-order valence-corrected chi connectivity index (χ3v) is 4.04. The Bertz CT molecular complexity index is 638. The van der Waals surface area contributed by atoms with Crippen molar-refractivity contribution in [3.8, 4) is 11.4 Å². The predicted octanol–water partition coefficient (Wildman–Crippen LogP) is 2.00. The van der Waals surface area contributed by atoms with E-state index in [9.17, 15) is 4.79 Å². The maximum absolute atomic E-state index is 11.9. The fourth-order valence-corrected chi connectivity index (χ4v) is 2.69. The highest BCUT2D eigenvalue weighted by Gasteiger charge is 2.15. The Hall–Kier alpha value is -2.28. The number of hydrogen-bond donors (Lipinski definition) is 1. The highest BCUT2D eigenvalue weighted by Crippen LogP contribution is 2.15. The standard InChI is InChI=1S/C17H22N4O3/c22-15(19-11-13-3-2-10-23-12-13)4-1-5-16-20-17(21-24-16)14-6-8-18-9-7-14/h6-9,13H,1-5,10-12H2,(H,19,22)/t13-/m1/s1. The number of nitrogens with one attached hydrogen (secondary N) is 1. The molecular weight excluding hydrogens is 308 g/mol. The first-order valence-corrected chi connectivity index (χ1v) is 8.38. The normalized spacial score (nSPS) is 17.6. The molecular formula is C17H22N4O3. The van der Waals surface area contributed by atoms with Gasteiger partial charge in [-0.25, -0.2) is 0 Å². The van der Waals surface area contributed by atoms with Gasteiger partial charge in [0.25, 0.3) is 0 Å². The fourth-order valence-electron chi connectivity index (χ4n) is 2.69. The van der Waals surface area contributed by atoms with Crippen molar-refractivity contribution >= 4 is 5.91 Å². The van der Waals surface area contributed by atoms with Crippen LogP contribution in [0, 0.1) is 5.92 Å². The summed E-state index contributed by atoms with van der Waals surface area (Å²) in [5.74, 6) is 1.61. The Kier molecular flexibility index (Phi) is 5.90. The van der Waals surface area contributed by atoms with Crippen LogP contribution in [0.1, 0.15) is 31.6 Å². The van der Waals surface area contributed by atoms with E-state index in [4.69, 9.17) is 9.26 Å². The maximum atomic E-state index is 11.9. The van der Waals surface area contributed by atoms with E-state index in [0.29, 0.717) is 43.4 Å². The van der Waals surface area contributed by atoms with Gasteiger partial charge in [0.05, 0.1) is 6.61 Å². The SMILES string of the molecule is O=C(CCCc1nc(-c2ccncc2)no1)NC[C@H]1CCCOC1. The molecule has 3 heterocycles. The summed E-state index contributed by atoms with van der Waals surface area (Å²) in [7, 11) is 0. The summed E-state index contributed by atoms with van der Waals surface area (Å²) < 4.78 is 10.6. The first-order valence-electron chi connectivity index (χ1n) is 8.38. The molecule has 1 fully saturated rings. The van der Waals surface area contributed by atoms with E-state index in [0.717, 1.165) is 31.6 Å². The lowest BCUT2D eigenvalue weighted by atomic mass is 10.0. The molecule has 1 aliphatic rings. The van der Waals surface area contributed by atoms with Crippen LogP contribution in [0.4, 0.5) is 0 Å². The van der Waals surface area contributed by atoms with E-state index in [1.165, 1.54) is 0 Å². The molecule has 2 aromatic heterocycles. The van der Waals surface area contributed by atoms with Crippen LogP contribution in [0.3, 0.4) is 0 Å². The van der Waals surface area contributed by atoms with Gasteiger partial charge in [0.15, 0.2) is 0 Å². The smallest absolute Gasteiger partial charge is 0.226 e. The summed E-state index contributed by atoms with van der Waals surface area (Å²) in [5.41, 5.74) is 0.868. The van der Waals surface area contributed by atoms with Gasteiger partial charge < -0.3 is 14.6 Å². The number of aromatic nitrogens is 3. The van der Waals surface area contributed by atoms with Crippen LogP contribution in [0.5, 0.6) is 0 Å². The Morgan fingerprint density at radius 2 is 2.21 bits per heavy atom. The van der Waals surface area contributed by atoms with Crippen LogP contribution in [-0.4, -0.2) is 40.8 Å². The van der Waals surface area contributed by atoms with E-state index in [1.807, 2.05) is 12.1 Å². The molecule has 1 N–H and O–H groups in total. The number of carbonyl (C=O) groups is 1. The summed E-state index contributed by atoms with van der Waals surface area (Å²) >= 11 is 0. The molecule has 0 unspecified atom stereocenters. The number of hydrogen-bond acceptors (Lipinski definition) is 6. The van der Waals surface area contributed by atoms with Crippen LogP contribution in [-0.2, 0) is 16.0 Å². The average molecular weight is 330 g/mol. The summed E-state index contributed by atoms with van der Waals surface area (Å²) in [6.45, 7) is 2.29. The minimum atomic E-state index is 0.0643. The van der Waals surface area contributed by atoms with Gasteiger partial charge in [-0.3, -0.25) is 9.78 Å². The molecule has 0 aliphatic carbocycles. The van der Waals surface area contributed by atoms with Crippen LogP contribution >= 0.6 is 0 Å². The third-order valence-electron chi connectivity index (χ3n) is 4.04. The quantitative estimate of drug-likeness (QED) is 0.835.